The molecule has 0 aliphatic carbocycles. The molecule has 134 valence electrons. The van der Waals surface area contributed by atoms with Crippen molar-refractivity contribution in [2.24, 2.45) is 0 Å². The highest BCUT2D eigenvalue weighted by atomic mass is 35.5. The second-order valence-electron chi connectivity index (χ2n) is 5.76. The molecule has 3 rings (SSSR count). The molecule has 1 fully saturated rings. The number of benzene rings is 1. The van der Waals surface area contributed by atoms with Crippen molar-refractivity contribution in [2.75, 3.05) is 23.4 Å². The van der Waals surface area contributed by atoms with Crippen molar-refractivity contribution < 1.29 is 4.79 Å². The summed E-state index contributed by atoms with van der Waals surface area (Å²) in [5, 5.41) is 7.60. The van der Waals surface area contributed by atoms with Crippen LogP contribution in [0.25, 0.3) is 10.9 Å². The van der Waals surface area contributed by atoms with E-state index in [1.165, 1.54) is 10.9 Å². The molecule has 2 heterocycles. The number of carbonyl (C=O) groups is 1. The highest BCUT2D eigenvalue weighted by Gasteiger charge is 2.16. The smallest absolute Gasteiger partial charge is 0.225 e. The number of thioether (sulfide) groups is 1. The summed E-state index contributed by atoms with van der Waals surface area (Å²) in [6, 6.07) is 8.56. The molecule has 0 radical (unpaired) electrons. The van der Waals surface area contributed by atoms with Gasteiger partial charge in [-0.25, -0.2) is 0 Å². The first-order valence-corrected chi connectivity index (χ1v) is 9.11. The average Bonchev–Trinajstić information content (AvgIpc) is 2.91. The summed E-state index contributed by atoms with van der Waals surface area (Å²) >= 11 is 1.92. The van der Waals surface area contributed by atoms with E-state index in [1.807, 2.05) is 17.8 Å². The Labute approximate surface area is 160 Å². The molecular weight excluding hydrogens is 365 g/mol. The summed E-state index contributed by atoms with van der Waals surface area (Å²) in [6.07, 6.45) is 3.78. The van der Waals surface area contributed by atoms with Crippen LogP contribution in [-0.2, 0) is 11.3 Å². The maximum absolute atomic E-state index is 12.2. The van der Waals surface area contributed by atoms with Crippen LogP contribution in [-0.4, -0.2) is 34.6 Å². The van der Waals surface area contributed by atoms with Crippen LogP contribution in [0.2, 0.25) is 0 Å². The lowest BCUT2D eigenvalue weighted by molar-refractivity contribution is -0.116. The highest BCUT2D eigenvalue weighted by Crippen LogP contribution is 2.21. The van der Waals surface area contributed by atoms with Crippen LogP contribution in [0, 0.1) is 0 Å². The number of nitrogens with zero attached hydrogens (tertiary/aromatic N) is 1. The molecule has 4 nitrogen and oxygen atoms in total. The summed E-state index contributed by atoms with van der Waals surface area (Å²) in [7, 11) is 0. The fraction of sp³-hybridized carbons (Fsp3) is 0.471. The number of anilines is 1. The minimum atomic E-state index is 0. The monoisotopic (exact) mass is 389 g/mol. The van der Waals surface area contributed by atoms with Gasteiger partial charge in [0.1, 0.15) is 0 Å². The van der Waals surface area contributed by atoms with Crippen LogP contribution in [0.15, 0.2) is 30.5 Å². The molecule has 1 aliphatic rings. The van der Waals surface area contributed by atoms with Gasteiger partial charge in [-0.1, -0.05) is 6.92 Å². The summed E-state index contributed by atoms with van der Waals surface area (Å²) < 4.78 is 2.25. The van der Waals surface area contributed by atoms with Gasteiger partial charge in [0.25, 0.3) is 0 Å². The van der Waals surface area contributed by atoms with Gasteiger partial charge >= 0.3 is 0 Å². The Morgan fingerprint density at radius 3 is 2.92 bits per heavy atom. The number of aryl methyl sites for hydroxylation is 1. The molecule has 1 aliphatic heterocycles. The predicted molar refractivity (Wildman–Crippen MR) is 109 cm³/mol. The molecule has 0 saturated carbocycles. The predicted octanol–water partition coefficient (Wildman–Crippen LogP) is 3.93. The SMILES string of the molecule is CCCn1ccc2cc(NC(=O)CC3CSCCN3)ccc21.Cl.Cl. The van der Waals surface area contributed by atoms with Crippen LogP contribution >= 0.6 is 36.6 Å². The van der Waals surface area contributed by atoms with Crippen molar-refractivity contribution >= 4 is 59.1 Å². The number of carbonyl (C=O) groups excluding carboxylic acids is 1. The number of hydrogen-bond acceptors (Lipinski definition) is 3. The topological polar surface area (TPSA) is 46.1 Å². The molecule has 1 aromatic heterocycles. The molecule has 1 saturated heterocycles. The Morgan fingerprint density at radius 1 is 1.38 bits per heavy atom. The van der Waals surface area contributed by atoms with Gasteiger partial charge in [-0.3, -0.25) is 4.79 Å². The largest absolute Gasteiger partial charge is 0.347 e. The lowest BCUT2D eigenvalue weighted by atomic mass is 10.2. The molecule has 1 unspecified atom stereocenters. The third-order valence-corrected chi connectivity index (χ3v) is 5.08. The molecule has 2 N–H and O–H groups in total. The summed E-state index contributed by atoms with van der Waals surface area (Å²) in [6.45, 7) is 4.21. The maximum Gasteiger partial charge on any atom is 0.225 e. The first-order valence-electron chi connectivity index (χ1n) is 7.96. The molecule has 1 amide bonds. The van der Waals surface area contributed by atoms with Crippen LogP contribution in [0.1, 0.15) is 19.8 Å². The van der Waals surface area contributed by atoms with Gasteiger partial charge in [-0.15, -0.1) is 24.8 Å². The van der Waals surface area contributed by atoms with Crippen LogP contribution in [0.3, 0.4) is 0 Å². The number of nitrogens with one attached hydrogen (secondary N) is 2. The first-order chi connectivity index (χ1) is 10.8. The van der Waals surface area contributed by atoms with Crippen LogP contribution < -0.4 is 10.6 Å². The summed E-state index contributed by atoms with van der Waals surface area (Å²) in [5.74, 6) is 2.25. The summed E-state index contributed by atoms with van der Waals surface area (Å²) in [5.41, 5.74) is 2.11. The van der Waals surface area contributed by atoms with Gasteiger partial charge in [0, 0.05) is 59.8 Å². The standard InChI is InChI=1S/C17H23N3OS.2ClH/c1-2-7-20-8-5-13-10-14(3-4-16(13)20)19-17(21)11-15-12-22-9-6-18-15;;/h3-5,8,10,15,18H,2,6-7,9,11-12H2,1H3,(H,19,21);2*1H. The second kappa shape index (κ2) is 10.2. The third kappa shape index (κ3) is 5.31. The molecule has 0 bridgehead atoms. The molecule has 1 atom stereocenters. The van der Waals surface area contributed by atoms with E-state index in [0.717, 1.165) is 36.7 Å². The number of fused-ring (bicyclic) bond motifs is 1. The molecule has 24 heavy (non-hydrogen) atoms. The van der Waals surface area contributed by atoms with Gasteiger partial charge in [0.15, 0.2) is 0 Å². The van der Waals surface area contributed by atoms with Gasteiger partial charge < -0.3 is 15.2 Å². The second-order valence-corrected chi connectivity index (χ2v) is 6.91. The zero-order chi connectivity index (χ0) is 15.4. The van der Waals surface area contributed by atoms with Crippen molar-refractivity contribution in [3.63, 3.8) is 0 Å². The van der Waals surface area contributed by atoms with E-state index >= 15 is 0 Å². The van der Waals surface area contributed by atoms with Crippen molar-refractivity contribution in [3.8, 4) is 0 Å². The van der Waals surface area contributed by atoms with Gasteiger partial charge in [0.05, 0.1) is 0 Å². The Bertz CT molecular complexity index is 656. The summed E-state index contributed by atoms with van der Waals surface area (Å²) in [4.78, 5) is 12.2. The lowest BCUT2D eigenvalue weighted by Crippen LogP contribution is -2.39. The molecule has 0 spiro atoms. The number of halogens is 2. The maximum atomic E-state index is 12.2. The fourth-order valence-electron chi connectivity index (χ4n) is 2.90. The van der Waals surface area contributed by atoms with E-state index < -0.39 is 0 Å². The average molecular weight is 390 g/mol. The lowest BCUT2D eigenvalue weighted by Gasteiger charge is -2.22. The van der Waals surface area contributed by atoms with Crippen molar-refractivity contribution in [1.29, 1.82) is 0 Å². The molecule has 7 heteroatoms. The van der Waals surface area contributed by atoms with Crippen molar-refractivity contribution in [1.82, 2.24) is 9.88 Å². The van der Waals surface area contributed by atoms with Crippen LogP contribution in [0.4, 0.5) is 5.69 Å². The minimum Gasteiger partial charge on any atom is -0.347 e. The Hall–Kier alpha value is -0.880. The van der Waals surface area contributed by atoms with E-state index in [2.05, 4.69) is 46.5 Å². The Morgan fingerprint density at radius 2 is 2.21 bits per heavy atom. The zero-order valence-corrected chi connectivity index (χ0v) is 16.2. The number of hydrogen-bond donors (Lipinski definition) is 2. The third-order valence-electron chi connectivity index (χ3n) is 3.95. The van der Waals surface area contributed by atoms with Gasteiger partial charge in [0.2, 0.25) is 5.91 Å². The fourth-order valence-corrected chi connectivity index (χ4v) is 3.85. The zero-order valence-electron chi connectivity index (χ0n) is 13.8. The normalized spacial score (nSPS) is 17.0. The molecule has 1 aromatic carbocycles. The van der Waals surface area contributed by atoms with Gasteiger partial charge in [-0.05, 0) is 30.7 Å². The molecule has 2 aromatic rings. The quantitative estimate of drug-likeness (QED) is 0.813. The van der Waals surface area contributed by atoms with Gasteiger partial charge in [-0.2, -0.15) is 11.8 Å². The van der Waals surface area contributed by atoms with Crippen molar-refractivity contribution in [2.45, 2.75) is 32.4 Å². The van der Waals surface area contributed by atoms with E-state index in [-0.39, 0.29) is 30.7 Å². The van der Waals surface area contributed by atoms with Crippen LogP contribution in [0.5, 0.6) is 0 Å². The highest BCUT2D eigenvalue weighted by molar-refractivity contribution is 7.99. The number of amides is 1. The number of rotatable bonds is 5. The van der Waals surface area contributed by atoms with E-state index in [4.69, 9.17) is 0 Å². The van der Waals surface area contributed by atoms with E-state index in [1.54, 1.807) is 0 Å². The first kappa shape index (κ1) is 21.2. The van der Waals surface area contributed by atoms with Crippen molar-refractivity contribution in [3.05, 3.63) is 30.5 Å². The Kier molecular flexibility index (Phi) is 8.98. The van der Waals surface area contributed by atoms with E-state index in [0.29, 0.717) is 12.5 Å². The minimum absolute atomic E-state index is 0. The Balaban J connectivity index is 0.00000144. The molecular formula is C17H25Cl2N3OS. The van der Waals surface area contributed by atoms with E-state index in [9.17, 15) is 4.79 Å². The number of aromatic nitrogens is 1.